The summed E-state index contributed by atoms with van der Waals surface area (Å²) in [5, 5.41) is 15.9. The summed E-state index contributed by atoms with van der Waals surface area (Å²) >= 11 is 5.99. The van der Waals surface area contributed by atoms with Crippen LogP contribution in [0.15, 0.2) is 48.5 Å². The van der Waals surface area contributed by atoms with Crippen LogP contribution in [0, 0.1) is 0 Å². The minimum Gasteiger partial charge on any atom is -0.508 e. The largest absolute Gasteiger partial charge is 0.508 e. The van der Waals surface area contributed by atoms with Crippen molar-refractivity contribution in [1.29, 1.82) is 0 Å². The number of hydrogen-bond acceptors (Lipinski definition) is 3. The SMILES string of the molecule is O=C(NCCCNC(=O)C1(c2ccc(Cl)cc2)CCCC1)c1cccc(O)c1. The average molecular weight is 401 g/mol. The molecule has 1 fully saturated rings. The summed E-state index contributed by atoms with van der Waals surface area (Å²) in [5.41, 5.74) is 0.954. The minimum atomic E-state index is -0.477. The molecule has 1 aliphatic rings. The molecule has 1 saturated carbocycles. The van der Waals surface area contributed by atoms with Crippen LogP contribution < -0.4 is 10.6 Å². The highest BCUT2D eigenvalue weighted by molar-refractivity contribution is 6.30. The molecule has 0 aromatic heterocycles. The van der Waals surface area contributed by atoms with E-state index in [9.17, 15) is 14.7 Å². The fourth-order valence-electron chi connectivity index (χ4n) is 3.80. The van der Waals surface area contributed by atoms with Crippen LogP contribution in [0.1, 0.15) is 48.0 Å². The predicted molar refractivity (Wildman–Crippen MR) is 110 cm³/mol. The van der Waals surface area contributed by atoms with Crippen LogP contribution in [0.4, 0.5) is 0 Å². The molecule has 0 heterocycles. The summed E-state index contributed by atoms with van der Waals surface area (Å²) in [6, 6.07) is 13.8. The summed E-state index contributed by atoms with van der Waals surface area (Å²) in [5.74, 6) is -0.133. The lowest BCUT2D eigenvalue weighted by atomic mass is 9.78. The van der Waals surface area contributed by atoms with Crippen molar-refractivity contribution in [3.63, 3.8) is 0 Å². The van der Waals surface area contributed by atoms with E-state index in [1.165, 1.54) is 12.1 Å². The molecule has 3 N–H and O–H groups in total. The number of halogens is 1. The molecule has 3 rings (SSSR count). The summed E-state index contributed by atoms with van der Waals surface area (Å²) in [7, 11) is 0. The molecule has 6 heteroatoms. The molecule has 0 bridgehead atoms. The van der Waals surface area contributed by atoms with Gasteiger partial charge >= 0.3 is 0 Å². The fraction of sp³-hybridized carbons (Fsp3) is 0.364. The molecule has 0 radical (unpaired) electrons. The Labute approximate surface area is 170 Å². The Kier molecular flexibility index (Phi) is 6.57. The molecule has 5 nitrogen and oxygen atoms in total. The predicted octanol–water partition coefficient (Wildman–Crippen LogP) is 3.79. The second-order valence-electron chi connectivity index (χ2n) is 7.21. The van der Waals surface area contributed by atoms with E-state index < -0.39 is 5.41 Å². The smallest absolute Gasteiger partial charge is 0.251 e. The minimum absolute atomic E-state index is 0.0478. The van der Waals surface area contributed by atoms with Gasteiger partial charge in [-0.15, -0.1) is 0 Å². The number of benzene rings is 2. The molecule has 1 aliphatic carbocycles. The van der Waals surface area contributed by atoms with Crippen LogP contribution in [0.25, 0.3) is 0 Å². The van der Waals surface area contributed by atoms with E-state index in [4.69, 9.17) is 11.6 Å². The molecule has 0 unspecified atom stereocenters. The van der Waals surface area contributed by atoms with Gasteiger partial charge in [0.15, 0.2) is 0 Å². The van der Waals surface area contributed by atoms with Gasteiger partial charge in [0.25, 0.3) is 5.91 Å². The number of carbonyl (C=O) groups excluding carboxylic acids is 2. The quantitative estimate of drug-likeness (QED) is 0.618. The highest BCUT2D eigenvalue weighted by Crippen LogP contribution is 2.41. The van der Waals surface area contributed by atoms with Crippen LogP contribution in [0.3, 0.4) is 0 Å². The third-order valence-electron chi connectivity index (χ3n) is 5.32. The average Bonchev–Trinajstić information content (AvgIpc) is 3.19. The van der Waals surface area contributed by atoms with E-state index >= 15 is 0 Å². The first kappa shape index (κ1) is 20.2. The second kappa shape index (κ2) is 9.11. The Balaban J connectivity index is 1.49. The van der Waals surface area contributed by atoms with Gasteiger partial charge in [0, 0.05) is 23.7 Å². The molecule has 0 spiro atoms. The van der Waals surface area contributed by atoms with Crippen LogP contribution in [0.2, 0.25) is 5.02 Å². The monoisotopic (exact) mass is 400 g/mol. The van der Waals surface area contributed by atoms with Gasteiger partial charge in [0.05, 0.1) is 5.41 Å². The Hall–Kier alpha value is -2.53. The molecule has 0 saturated heterocycles. The summed E-state index contributed by atoms with van der Waals surface area (Å²) in [4.78, 5) is 25.0. The number of rotatable bonds is 7. The number of phenols is 1. The van der Waals surface area contributed by atoms with Crippen molar-refractivity contribution in [3.05, 3.63) is 64.7 Å². The summed E-state index contributed by atoms with van der Waals surface area (Å²) in [6.45, 7) is 0.942. The van der Waals surface area contributed by atoms with E-state index in [1.54, 1.807) is 12.1 Å². The van der Waals surface area contributed by atoms with Crippen molar-refractivity contribution in [2.75, 3.05) is 13.1 Å². The molecular weight excluding hydrogens is 376 g/mol. The van der Waals surface area contributed by atoms with E-state index in [1.807, 2.05) is 24.3 Å². The number of phenolic OH excluding ortho intramolecular Hbond substituents is 1. The van der Waals surface area contributed by atoms with Gasteiger partial charge in [-0.1, -0.05) is 42.6 Å². The van der Waals surface area contributed by atoms with E-state index in [-0.39, 0.29) is 17.6 Å². The molecule has 0 atom stereocenters. The highest BCUT2D eigenvalue weighted by Gasteiger charge is 2.42. The first-order chi connectivity index (χ1) is 13.5. The normalized spacial score (nSPS) is 15.2. The zero-order valence-corrected chi connectivity index (χ0v) is 16.5. The Morgan fingerprint density at radius 1 is 1.00 bits per heavy atom. The molecule has 28 heavy (non-hydrogen) atoms. The maximum absolute atomic E-state index is 12.9. The number of amides is 2. The van der Waals surface area contributed by atoms with Crippen molar-refractivity contribution >= 4 is 23.4 Å². The molecule has 2 aromatic carbocycles. The summed E-state index contributed by atoms with van der Waals surface area (Å²) in [6.07, 6.45) is 4.39. The van der Waals surface area contributed by atoms with Gasteiger partial charge in [0.2, 0.25) is 5.91 Å². The van der Waals surface area contributed by atoms with Crippen molar-refractivity contribution in [2.24, 2.45) is 0 Å². The van der Waals surface area contributed by atoms with Crippen LogP contribution in [-0.2, 0) is 10.2 Å². The summed E-state index contributed by atoms with van der Waals surface area (Å²) < 4.78 is 0. The third-order valence-corrected chi connectivity index (χ3v) is 5.57. The standard InChI is InChI=1S/C22H25ClN2O3/c23-18-9-7-17(8-10-18)22(11-1-2-12-22)21(28)25-14-4-13-24-20(27)16-5-3-6-19(26)15-16/h3,5-10,15,26H,1-2,4,11-14H2,(H,24,27)(H,25,28). The van der Waals surface area contributed by atoms with Crippen molar-refractivity contribution in [2.45, 2.75) is 37.5 Å². The fourth-order valence-corrected chi connectivity index (χ4v) is 3.93. The molecular formula is C22H25ClN2O3. The van der Waals surface area contributed by atoms with Crippen LogP contribution >= 0.6 is 11.6 Å². The molecule has 148 valence electrons. The van der Waals surface area contributed by atoms with Crippen molar-refractivity contribution in [3.8, 4) is 5.75 Å². The zero-order chi connectivity index (χ0) is 20.0. The van der Waals surface area contributed by atoms with Gasteiger partial charge in [0.1, 0.15) is 5.75 Å². The van der Waals surface area contributed by atoms with Gasteiger partial charge in [-0.3, -0.25) is 9.59 Å². The molecule has 2 aromatic rings. The Bertz CT molecular complexity index is 830. The van der Waals surface area contributed by atoms with Crippen LogP contribution in [-0.4, -0.2) is 30.0 Å². The Morgan fingerprint density at radius 2 is 1.68 bits per heavy atom. The van der Waals surface area contributed by atoms with Gasteiger partial charge in [-0.25, -0.2) is 0 Å². The number of nitrogens with one attached hydrogen (secondary N) is 2. The zero-order valence-electron chi connectivity index (χ0n) is 15.7. The number of aromatic hydroxyl groups is 1. The highest BCUT2D eigenvalue weighted by atomic mass is 35.5. The van der Waals surface area contributed by atoms with E-state index in [0.717, 1.165) is 31.2 Å². The van der Waals surface area contributed by atoms with Crippen LogP contribution in [0.5, 0.6) is 5.75 Å². The first-order valence-electron chi connectivity index (χ1n) is 9.63. The lowest BCUT2D eigenvalue weighted by Gasteiger charge is -2.28. The number of hydrogen-bond donors (Lipinski definition) is 3. The van der Waals surface area contributed by atoms with Crippen molar-refractivity contribution in [1.82, 2.24) is 10.6 Å². The van der Waals surface area contributed by atoms with Gasteiger partial charge in [-0.05, 0) is 55.2 Å². The van der Waals surface area contributed by atoms with E-state index in [0.29, 0.717) is 30.1 Å². The van der Waals surface area contributed by atoms with Gasteiger partial charge < -0.3 is 15.7 Å². The second-order valence-corrected chi connectivity index (χ2v) is 7.65. The Morgan fingerprint density at radius 3 is 2.36 bits per heavy atom. The van der Waals surface area contributed by atoms with E-state index in [2.05, 4.69) is 10.6 Å². The maximum atomic E-state index is 12.9. The lowest BCUT2D eigenvalue weighted by molar-refractivity contribution is -0.126. The topological polar surface area (TPSA) is 78.4 Å². The molecule has 0 aliphatic heterocycles. The third kappa shape index (κ3) is 4.65. The van der Waals surface area contributed by atoms with Crippen molar-refractivity contribution < 1.29 is 14.7 Å². The van der Waals surface area contributed by atoms with Gasteiger partial charge in [-0.2, -0.15) is 0 Å². The lowest BCUT2D eigenvalue weighted by Crippen LogP contribution is -2.43. The molecule has 2 amide bonds. The maximum Gasteiger partial charge on any atom is 0.251 e. The first-order valence-corrected chi connectivity index (χ1v) is 10.0. The number of carbonyl (C=O) groups is 2.